The van der Waals surface area contributed by atoms with E-state index in [0.29, 0.717) is 6.42 Å². The molecule has 98 valence electrons. The molecule has 1 aromatic heterocycles. The second-order valence-electron chi connectivity index (χ2n) is 3.63. The van der Waals surface area contributed by atoms with Crippen LogP contribution in [0.4, 0.5) is 0 Å². The molecule has 0 amide bonds. The van der Waals surface area contributed by atoms with E-state index in [1.54, 1.807) is 6.20 Å². The lowest BCUT2D eigenvalue weighted by atomic mass is 10.1. The van der Waals surface area contributed by atoms with Crippen LogP contribution in [0.25, 0.3) is 10.9 Å². The number of aromatic nitrogens is 1. The topological polar surface area (TPSA) is 79.1 Å². The Bertz CT molecular complexity index is 537. The van der Waals surface area contributed by atoms with Gasteiger partial charge < -0.3 is 15.8 Å². The molecule has 0 spiro atoms. The van der Waals surface area contributed by atoms with Crippen LogP contribution in [0.1, 0.15) is 19.4 Å². The Morgan fingerprint density at radius 1 is 1.50 bits per heavy atom. The Balaban J connectivity index is 0.000000771. The van der Waals surface area contributed by atoms with Crippen LogP contribution in [0.15, 0.2) is 28.9 Å². The van der Waals surface area contributed by atoms with Gasteiger partial charge in [-0.3, -0.25) is 4.79 Å². The lowest BCUT2D eigenvalue weighted by molar-refractivity contribution is -0.138. The van der Waals surface area contributed by atoms with Gasteiger partial charge in [0.2, 0.25) is 0 Å². The fourth-order valence-corrected chi connectivity index (χ4v) is 2.31. The predicted molar refractivity (Wildman–Crippen MR) is 76.7 cm³/mol. The van der Waals surface area contributed by atoms with E-state index in [2.05, 4.69) is 20.9 Å². The number of nitrogens with one attached hydrogen (secondary N) is 1. The zero-order valence-corrected chi connectivity index (χ0v) is 12.0. The molecule has 0 bridgehead atoms. The Kier molecular flexibility index (Phi) is 5.37. The van der Waals surface area contributed by atoms with Gasteiger partial charge in [0.25, 0.3) is 0 Å². The maximum Gasteiger partial charge on any atom is 0.320 e. The maximum absolute atomic E-state index is 10.7. The zero-order chi connectivity index (χ0) is 13.7. The van der Waals surface area contributed by atoms with E-state index in [0.717, 1.165) is 20.9 Å². The monoisotopic (exact) mass is 312 g/mol. The number of fused-ring (bicyclic) bond motifs is 1. The van der Waals surface area contributed by atoms with Crippen LogP contribution in [0.5, 0.6) is 0 Å². The largest absolute Gasteiger partial charge is 0.480 e. The zero-order valence-electron chi connectivity index (χ0n) is 10.4. The molecule has 0 aliphatic heterocycles. The highest BCUT2D eigenvalue weighted by atomic mass is 79.9. The van der Waals surface area contributed by atoms with Crippen molar-refractivity contribution in [2.45, 2.75) is 26.3 Å². The van der Waals surface area contributed by atoms with Crippen LogP contribution in [-0.4, -0.2) is 22.1 Å². The quantitative estimate of drug-likeness (QED) is 0.815. The summed E-state index contributed by atoms with van der Waals surface area (Å²) in [6.45, 7) is 4.00. The van der Waals surface area contributed by atoms with E-state index in [-0.39, 0.29) is 0 Å². The first-order valence-corrected chi connectivity index (χ1v) is 6.61. The van der Waals surface area contributed by atoms with Gasteiger partial charge in [0.05, 0.1) is 0 Å². The van der Waals surface area contributed by atoms with Crippen molar-refractivity contribution in [2.75, 3.05) is 0 Å². The highest BCUT2D eigenvalue weighted by molar-refractivity contribution is 9.10. The number of carboxylic acid groups (broad SMARTS) is 1. The van der Waals surface area contributed by atoms with Gasteiger partial charge in [-0.2, -0.15) is 0 Å². The molecule has 4 nitrogen and oxygen atoms in total. The molecule has 0 fully saturated rings. The lowest BCUT2D eigenvalue weighted by Crippen LogP contribution is -2.32. The molecule has 0 saturated heterocycles. The molecule has 1 atom stereocenters. The molecule has 2 aromatic rings. The second-order valence-corrected chi connectivity index (χ2v) is 4.48. The molecule has 5 heteroatoms. The molecular weight excluding hydrogens is 296 g/mol. The number of benzene rings is 1. The van der Waals surface area contributed by atoms with Crippen LogP contribution in [-0.2, 0) is 11.2 Å². The van der Waals surface area contributed by atoms with E-state index in [4.69, 9.17) is 10.8 Å². The molecule has 0 aliphatic rings. The summed E-state index contributed by atoms with van der Waals surface area (Å²) in [6, 6.07) is 4.91. The van der Waals surface area contributed by atoms with Crippen molar-refractivity contribution >= 4 is 32.8 Å². The summed E-state index contributed by atoms with van der Waals surface area (Å²) in [5.41, 5.74) is 7.41. The molecule has 18 heavy (non-hydrogen) atoms. The second kappa shape index (κ2) is 6.56. The molecule has 1 heterocycles. The normalized spacial score (nSPS) is 11.8. The van der Waals surface area contributed by atoms with Crippen molar-refractivity contribution in [2.24, 2.45) is 5.73 Å². The maximum atomic E-state index is 10.7. The summed E-state index contributed by atoms with van der Waals surface area (Å²) in [5, 5.41) is 9.77. The Morgan fingerprint density at radius 3 is 2.78 bits per heavy atom. The van der Waals surface area contributed by atoms with Gasteiger partial charge in [-0.05, 0) is 17.7 Å². The minimum Gasteiger partial charge on any atom is -0.480 e. The van der Waals surface area contributed by atoms with Gasteiger partial charge in [-0.15, -0.1) is 0 Å². The first-order valence-electron chi connectivity index (χ1n) is 5.82. The highest BCUT2D eigenvalue weighted by Crippen LogP contribution is 2.27. The van der Waals surface area contributed by atoms with E-state index >= 15 is 0 Å². The van der Waals surface area contributed by atoms with Crippen molar-refractivity contribution in [3.05, 3.63) is 34.4 Å². The van der Waals surface area contributed by atoms with Gasteiger partial charge in [0.15, 0.2) is 0 Å². The number of halogens is 1. The van der Waals surface area contributed by atoms with Gasteiger partial charge in [0, 0.05) is 28.0 Å². The van der Waals surface area contributed by atoms with Crippen molar-refractivity contribution in [1.82, 2.24) is 4.98 Å². The van der Waals surface area contributed by atoms with E-state index < -0.39 is 12.0 Å². The van der Waals surface area contributed by atoms with Gasteiger partial charge in [0.1, 0.15) is 6.04 Å². The number of aromatic amines is 1. The number of hydrogen-bond donors (Lipinski definition) is 3. The van der Waals surface area contributed by atoms with Gasteiger partial charge in [-0.25, -0.2) is 0 Å². The van der Waals surface area contributed by atoms with Crippen LogP contribution in [0.3, 0.4) is 0 Å². The third kappa shape index (κ3) is 3.11. The smallest absolute Gasteiger partial charge is 0.320 e. The highest BCUT2D eigenvalue weighted by Gasteiger charge is 2.15. The first-order chi connectivity index (χ1) is 8.59. The number of rotatable bonds is 3. The molecule has 0 radical (unpaired) electrons. The van der Waals surface area contributed by atoms with Crippen molar-refractivity contribution in [3.63, 3.8) is 0 Å². The van der Waals surface area contributed by atoms with Crippen molar-refractivity contribution < 1.29 is 9.90 Å². The molecule has 0 aliphatic carbocycles. The molecule has 1 unspecified atom stereocenters. The standard InChI is InChI=1S/C11H11BrN2O2.C2H6/c12-7-2-1-3-9-10(7)6(5-14-9)4-8(13)11(15)16;1-2/h1-3,5,8,14H,4,13H2,(H,15,16);1-2H3. The van der Waals surface area contributed by atoms with Crippen molar-refractivity contribution in [3.8, 4) is 0 Å². The fraction of sp³-hybridized carbons (Fsp3) is 0.308. The van der Waals surface area contributed by atoms with E-state index in [1.165, 1.54) is 0 Å². The van der Waals surface area contributed by atoms with Crippen LogP contribution < -0.4 is 5.73 Å². The van der Waals surface area contributed by atoms with Crippen LogP contribution >= 0.6 is 15.9 Å². The minimum atomic E-state index is -0.985. The summed E-state index contributed by atoms with van der Waals surface area (Å²) in [6.07, 6.45) is 2.12. The Morgan fingerprint density at radius 2 is 2.17 bits per heavy atom. The Hall–Kier alpha value is -1.33. The first kappa shape index (κ1) is 14.7. The molecule has 4 N–H and O–H groups in total. The van der Waals surface area contributed by atoms with Crippen LogP contribution in [0.2, 0.25) is 0 Å². The SMILES string of the molecule is CC.NC(Cc1c[nH]c2cccc(Br)c12)C(=O)O. The molecule has 0 saturated carbocycles. The summed E-state index contributed by atoms with van der Waals surface area (Å²) >= 11 is 3.45. The molecular formula is C13H17BrN2O2. The number of hydrogen-bond acceptors (Lipinski definition) is 2. The minimum absolute atomic E-state index is 0.317. The average Bonchev–Trinajstić information content (AvgIpc) is 2.76. The number of nitrogens with two attached hydrogens (primary N) is 1. The molecule has 2 rings (SSSR count). The van der Waals surface area contributed by atoms with E-state index in [1.807, 2.05) is 32.0 Å². The summed E-state index contributed by atoms with van der Waals surface area (Å²) in [5.74, 6) is -0.985. The summed E-state index contributed by atoms with van der Waals surface area (Å²) in [4.78, 5) is 13.8. The van der Waals surface area contributed by atoms with Crippen molar-refractivity contribution in [1.29, 1.82) is 0 Å². The summed E-state index contributed by atoms with van der Waals surface area (Å²) in [7, 11) is 0. The molecule has 1 aromatic carbocycles. The third-order valence-electron chi connectivity index (χ3n) is 2.49. The Labute approximate surface area is 114 Å². The van der Waals surface area contributed by atoms with E-state index in [9.17, 15) is 4.79 Å². The van der Waals surface area contributed by atoms with Gasteiger partial charge in [-0.1, -0.05) is 35.8 Å². The number of H-pyrrole nitrogens is 1. The number of aliphatic carboxylic acids is 1. The van der Waals surface area contributed by atoms with Gasteiger partial charge >= 0.3 is 5.97 Å². The van der Waals surface area contributed by atoms with Crippen LogP contribution in [0, 0.1) is 0 Å². The number of carboxylic acids is 1. The third-order valence-corrected chi connectivity index (χ3v) is 3.15. The predicted octanol–water partition coefficient (Wildman–Crippen LogP) is 2.91. The summed E-state index contributed by atoms with van der Waals surface area (Å²) < 4.78 is 0.943. The lowest BCUT2D eigenvalue weighted by Gasteiger charge is -2.05. The average molecular weight is 313 g/mol. The number of carbonyl (C=O) groups is 1. The fourth-order valence-electron chi connectivity index (χ4n) is 1.69.